The van der Waals surface area contributed by atoms with Crippen LogP contribution in [0.4, 0.5) is 5.69 Å². The van der Waals surface area contributed by atoms with Crippen LogP contribution >= 0.6 is 27.5 Å². The van der Waals surface area contributed by atoms with Crippen molar-refractivity contribution in [3.05, 3.63) is 126 Å². The van der Waals surface area contributed by atoms with E-state index < -0.39 is 77.0 Å². The average Bonchev–Trinajstić information content (AvgIpc) is 3.79. The molecule has 3 saturated heterocycles. The summed E-state index contributed by atoms with van der Waals surface area (Å²) in [5.41, 5.74) is 0.119. The lowest BCUT2D eigenvalue weighted by Gasteiger charge is -2.39. The highest BCUT2D eigenvalue weighted by atomic mass is 79.9. The van der Waals surface area contributed by atoms with Crippen molar-refractivity contribution in [1.29, 1.82) is 0 Å². The Hall–Kier alpha value is -4.33. The summed E-state index contributed by atoms with van der Waals surface area (Å²) in [5, 5.41) is 14.2. The van der Waals surface area contributed by atoms with Crippen molar-refractivity contribution < 1.29 is 38.5 Å². The minimum absolute atomic E-state index is 0.0193. The van der Waals surface area contributed by atoms with Gasteiger partial charge in [0.25, 0.3) is 5.91 Å². The van der Waals surface area contributed by atoms with Crippen LogP contribution in [-0.4, -0.2) is 89.2 Å². The normalized spacial score (nSPS) is 25.4. The Morgan fingerprint density at radius 2 is 1.71 bits per heavy atom. The highest BCUT2D eigenvalue weighted by Crippen LogP contribution is 2.62. The van der Waals surface area contributed by atoms with Crippen molar-refractivity contribution in [3.8, 4) is 0 Å². The number of hydrogen-bond donors (Lipinski definition) is 2. The monoisotopic (exact) mass is 833 g/mol. The summed E-state index contributed by atoms with van der Waals surface area (Å²) in [6.07, 6.45) is 2.22. The van der Waals surface area contributed by atoms with Gasteiger partial charge in [0.15, 0.2) is 0 Å². The predicted molar refractivity (Wildman–Crippen MR) is 211 cm³/mol. The Balaban J connectivity index is 1.43. The topological polar surface area (TPSA) is 135 Å². The lowest BCUT2D eigenvalue weighted by molar-refractivity contribution is -0.163. The molecule has 3 aliphatic rings. The number of ether oxygens (including phenoxy) is 3. The van der Waals surface area contributed by atoms with Gasteiger partial charge in [-0.05, 0) is 36.1 Å². The van der Waals surface area contributed by atoms with E-state index in [1.54, 1.807) is 84.9 Å². The molecular formula is C42H45BrClN3O8. The molecular weight excluding hydrogens is 790 g/mol. The molecule has 290 valence electrons. The zero-order valence-electron chi connectivity index (χ0n) is 30.5. The van der Waals surface area contributed by atoms with Crippen molar-refractivity contribution >= 4 is 56.9 Å². The highest BCUT2D eigenvalue weighted by Gasteiger charge is 2.78. The van der Waals surface area contributed by atoms with Crippen LogP contribution < -0.4 is 10.2 Å². The molecule has 0 aliphatic carbocycles. The third-order valence-corrected chi connectivity index (χ3v) is 11.8. The van der Waals surface area contributed by atoms with Gasteiger partial charge in [0, 0.05) is 24.9 Å². The van der Waals surface area contributed by atoms with E-state index in [9.17, 15) is 14.7 Å². The standard InChI is InChI=1S/C42H45BrClN3O8/c1-4-6-21-33(49)45-30(25-53-3)36(27-17-11-8-12-18-27)54-41(52)34-35-39(50)47(32(24-48)26-15-9-7-10-16-26)38(42(35)23-28(43)37(34)55-42)40(51)46(22-5-2)31-20-14-13-19-29(31)44/h4-5,7-20,28,30,32,34-38,48H,1-2,6,21-25H2,3H3,(H,45,49)/t28?,30-,32-,34-,35+,36-,37-,38-,42+/m1/s1. The van der Waals surface area contributed by atoms with Crippen LogP contribution in [0.25, 0.3) is 0 Å². The van der Waals surface area contributed by atoms with Gasteiger partial charge in [-0.2, -0.15) is 0 Å². The van der Waals surface area contributed by atoms with Crippen LogP contribution in [0.15, 0.2) is 110 Å². The molecule has 1 unspecified atom stereocenters. The van der Waals surface area contributed by atoms with Crippen molar-refractivity contribution in [2.75, 3.05) is 31.8 Å². The average molecular weight is 835 g/mol. The third-order valence-electron chi connectivity index (χ3n) is 10.7. The minimum atomic E-state index is -1.49. The van der Waals surface area contributed by atoms with E-state index >= 15 is 9.59 Å². The van der Waals surface area contributed by atoms with E-state index in [2.05, 4.69) is 34.4 Å². The number of carbonyl (C=O) groups is 4. The SMILES string of the molecule is C=CCCC(=O)N[C@H](COC)[C@H](OC(=O)[C@H]1[C@@H]2O[C@@]3(CC2Br)[C@@H]1C(=O)N([C@H](CO)c1ccccc1)[C@@H]3C(=O)N(CC=C)c1ccccc1Cl)c1ccccc1. The number of allylic oxidation sites excluding steroid dienone is 1. The molecule has 9 atom stereocenters. The van der Waals surface area contributed by atoms with Gasteiger partial charge in [0.1, 0.15) is 17.7 Å². The number of aliphatic hydroxyl groups is 1. The fraction of sp³-hybridized carbons (Fsp3) is 0.381. The lowest BCUT2D eigenvalue weighted by atomic mass is 9.70. The van der Waals surface area contributed by atoms with E-state index in [1.807, 2.05) is 12.1 Å². The van der Waals surface area contributed by atoms with Crippen molar-refractivity contribution in [1.82, 2.24) is 10.2 Å². The van der Waals surface area contributed by atoms with Crippen molar-refractivity contribution in [2.24, 2.45) is 11.8 Å². The first-order valence-corrected chi connectivity index (χ1v) is 19.5. The number of amides is 3. The summed E-state index contributed by atoms with van der Waals surface area (Å²) in [5.74, 6) is -4.33. The fourth-order valence-electron chi connectivity index (χ4n) is 8.36. The Labute approximate surface area is 334 Å². The number of benzene rings is 3. The van der Waals surface area contributed by atoms with Crippen LogP contribution in [0.1, 0.15) is 42.5 Å². The number of esters is 1. The maximum atomic E-state index is 15.2. The van der Waals surface area contributed by atoms with E-state index in [0.717, 1.165) is 0 Å². The second kappa shape index (κ2) is 17.6. The first kappa shape index (κ1) is 40.3. The number of halogens is 2. The van der Waals surface area contributed by atoms with Crippen molar-refractivity contribution in [3.63, 3.8) is 0 Å². The van der Waals surface area contributed by atoms with Crippen LogP contribution in [0.2, 0.25) is 5.02 Å². The zero-order chi connectivity index (χ0) is 39.3. The molecule has 0 radical (unpaired) electrons. The van der Waals surface area contributed by atoms with E-state index in [4.69, 9.17) is 25.8 Å². The number of likely N-dealkylation sites (tertiary alicyclic amines) is 1. The molecule has 2 N–H and O–H groups in total. The van der Waals surface area contributed by atoms with Gasteiger partial charge in [-0.3, -0.25) is 19.2 Å². The number of fused-ring (bicyclic) bond motifs is 1. The molecule has 3 fully saturated rings. The number of aliphatic hydroxyl groups excluding tert-OH is 1. The van der Waals surface area contributed by atoms with Gasteiger partial charge >= 0.3 is 5.97 Å². The number of methoxy groups -OCH3 is 1. The quantitative estimate of drug-likeness (QED) is 0.100. The summed E-state index contributed by atoms with van der Waals surface area (Å²) in [4.78, 5) is 60.4. The van der Waals surface area contributed by atoms with Gasteiger partial charge in [-0.15, -0.1) is 13.2 Å². The fourth-order valence-corrected chi connectivity index (χ4v) is 9.54. The number of rotatable bonds is 17. The van der Waals surface area contributed by atoms with Gasteiger partial charge in [-0.1, -0.05) is 112 Å². The van der Waals surface area contributed by atoms with Crippen molar-refractivity contribution in [2.45, 2.75) is 60.0 Å². The second-order valence-electron chi connectivity index (χ2n) is 13.9. The third kappa shape index (κ3) is 7.75. The number of nitrogens with one attached hydrogen (secondary N) is 1. The number of carbonyl (C=O) groups excluding carboxylic acids is 4. The molecule has 3 aromatic rings. The van der Waals surface area contributed by atoms with Crippen LogP contribution in [0.3, 0.4) is 0 Å². The molecule has 3 aromatic carbocycles. The maximum absolute atomic E-state index is 15.2. The molecule has 11 nitrogen and oxygen atoms in total. The molecule has 3 aliphatic heterocycles. The molecule has 13 heteroatoms. The summed E-state index contributed by atoms with van der Waals surface area (Å²) in [6, 6.07) is 21.8. The first-order valence-electron chi connectivity index (χ1n) is 18.2. The molecule has 3 amide bonds. The number of alkyl halides is 1. The van der Waals surface area contributed by atoms with Crippen LogP contribution in [0.5, 0.6) is 0 Å². The maximum Gasteiger partial charge on any atom is 0.313 e. The van der Waals surface area contributed by atoms with E-state index in [-0.39, 0.29) is 31.9 Å². The van der Waals surface area contributed by atoms with Gasteiger partial charge < -0.3 is 34.4 Å². The first-order chi connectivity index (χ1) is 26.6. The Bertz CT molecular complexity index is 1880. The molecule has 6 rings (SSSR count). The summed E-state index contributed by atoms with van der Waals surface area (Å²) < 4.78 is 18.7. The number of nitrogens with zero attached hydrogens (tertiary/aromatic N) is 2. The molecule has 3 heterocycles. The summed E-state index contributed by atoms with van der Waals surface area (Å²) in [6.45, 7) is 7.14. The number of hydrogen-bond acceptors (Lipinski definition) is 8. The van der Waals surface area contributed by atoms with Gasteiger partial charge in [0.05, 0.1) is 53.9 Å². The van der Waals surface area contributed by atoms with Crippen LogP contribution in [-0.2, 0) is 33.4 Å². The van der Waals surface area contributed by atoms with Crippen LogP contribution in [0, 0.1) is 11.8 Å². The lowest BCUT2D eigenvalue weighted by Crippen LogP contribution is -2.57. The molecule has 0 saturated carbocycles. The zero-order valence-corrected chi connectivity index (χ0v) is 32.8. The summed E-state index contributed by atoms with van der Waals surface area (Å²) >= 11 is 10.4. The summed E-state index contributed by atoms with van der Waals surface area (Å²) in [7, 11) is 1.49. The number of anilines is 1. The van der Waals surface area contributed by atoms with E-state index in [0.29, 0.717) is 28.3 Å². The molecule has 2 bridgehead atoms. The molecule has 55 heavy (non-hydrogen) atoms. The molecule has 1 spiro atoms. The number of para-hydroxylation sites is 1. The molecule has 0 aromatic heterocycles. The highest BCUT2D eigenvalue weighted by molar-refractivity contribution is 9.09. The van der Waals surface area contributed by atoms with E-state index in [1.165, 1.54) is 16.9 Å². The van der Waals surface area contributed by atoms with Gasteiger partial charge in [-0.25, -0.2) is 0 Å². The second-order valence-corrected chi connectivity index (χ2v) is 15.5. The Kier molecular flexibility index (Phi) is 12.9. The van der Waals surface area contributed by atoms with Gasteiger partial charge in [0.2, 0.25) is 11.8 Å². The Morgan fingerprint density at radius 3 is 2.33 bits per heavy atom. The Morgan fingerprint density at radius 1 is 1.05 bits per heavy atom. The largest absolute Gasteiger partial charge is 0.455 e. The smallest absolute Gasteiger partial charge is 0.313 e. The minimum Gasteiger partial charge on any atom is -0.455 e. The predicted octanol–water partition coefficient (Wildman–Crippen LogP) is 5.72.